The molecular weight excluding hydrogens is 256 g/mol. The smallest absolute Gasteiger partial charge is 0.377 e. The monoisotopic (exact) mass is 282 g/mol. The predicted molar refractivity (Wildman–Crippen MR) is 70.8 cm³/mol. The fourth-order valence-corrected chi connectivity index (χ4v) is 8.11. The Labute approximate surface area is 107 Å². The van der Waals surface area contributed by atoms with Crippen LogP contribution >= 0.6 is 0 Å². The highest BCUT2D eigenvalue weighted by Crippen LogP contribution is 2.25. The van der Waals surface area contributed by atoms with Crippen molar-refractivity contribution in [2.45, 2.75) is 38.8 Å². The molecule has 0 heterocycles. The van der Waals surface area contributed by atoms with Crippen LogP contribution in [0.4, 0.5) is 0 Å². The predicted octanol–water partition coefficient (Wildman–Crippen LogP) is 2.29. The van der Waals surface area contributed by atoms with Crippen molar-refractivity contribution >= 4 is 17.6 Å². The normalized spacial score (nSPS) is 13.1. The summed E-state index contributed by atoms with van der Waals surface area (Å²) >= 11 is 0. The Kier molecular flexibility index (Phi) is 8.47. The van der Waals surface area contributed by atoms with Gasteiger partial charge in [0.2, 0.25) is 0 Å². The molecule has 0 spiro atoms. The molecule has 0 atom stereocenters. The maximum absolute atomic E-state index is 6.09. The first-order chi connectivity index (χ1) is 8.07. The van der Waals surface area contributed by atoms with Gasteiger partial charge in [-0.05, 0) is 0 Å². The van der Waals surface area contributed by atoms with E-state index in [9.17, 15) is 0 Å². The highest BCUT2D eigenvalue weighted by atomic mass is 28.5. The van der Waals surface area contributed by atoms with Crippen molar-refractivity contribution in [3.05, 3.63) is 0 Å². The lowest BCUT2D eigenvalue weighted by Gasteiger charge is -2.35. The quantitative estimate of drug-likeness (QED) is 0.575. The summed E-state index contributed by atoms with van der Waals surface area (Å²) in [5, 5.41) is 0. The van der Waals surface area contributed by atoms with Gasteiger partial charge in [0.1, 0.15) is 0 Å². The van der Waals surface area contributed by atoms with Crippen LogP contribution in [0.5, 0.6) is 0 Å². The molecule has 0 aliphatic rings. The van der Waals surface area contributed by atoms with Gasteiger partial charge in [-0.2, -0.15) is 0 Å². The molecule has 17 heavy (non-hydrogen) atoms. The maximum Gasteiger partial charge on any atom is 0.493 e. The van der Waals surface area contributed by atoms with E-state index in [0.717, 1.165) is 24.9 Å². The lowest BCUT2D eigenvalue weighted by Crippen LogP contribution is -2.57. The van der Waals surface area contributed by atoms with Gasteiger partial charge in [-0.3, -0.25) is 0 Å². The summed E-state index contributed by atoms with van der Waals surface area (Å²) in [6, 6.07) is 1.54. The third kappa shape index (κ3) is 4.78. The standard InChI is InChI=1S/C10H26O5Si2/c1-7-9-16(11-3,12-4)15-17(13-5,14-6)10-8-2/h7-10H2,1-6H3. The number of hydrogen-bond acceptors (Lipinski definition) is 5. The van der Waals surface area contributed by atoms with Crippen LogP contribution in [0, 0.1) is 0 Å². The van der Waals surface area contributed by atoms with Crippen molar-refractivity contribution in [2.24, 2.45) is 0 Å². The highest BCUT2D eigenvalue weighted by Gasteiger charge is 2.50. The van der Waals surface area contributed by atoms with E-state index in [1.807, 2.05) is 0 Å². The van der Waals surface area contributed by atoms with Crippen LogP contribution in [0.15, 0.2) is 0 Å². The molecule has 0 rings (SSSR count). The van der Waals surface area contributed by atoms with Crippen LogP contribution in [0.3, 0.4) is 0 Å². The van der Waals surface area contributed by atoms with Crippen molar-refractivity contribution in [3.63, 3.8) is 0 Å². The van der Waals surface area contributed by atoms with Gasteiger partial charge in [0, 0.05) is 40.5 Å². The molecule has 0 bridgehead atoms. The molecular formula is C10H26O5Si2. The molecule has 104 valence electrons. The van der Waals surface area contributed by atoms with Gasteiger partial charge in [0.15, 0.2) is 0 Å². The summed E-state index contributed by atoms with van der Waals surface area (Å²) < 4.78 is 28.1. The Bertz CT molecular complexity index is 175. The second-order valence-electron chi connectivity index (χ2n) is 3.78. The molecule has 0 unspecified atom stereocenters. The van der Waals surface area contributed by atoms with Gasteiger partial charge in [0.05, 0.1) is 0 Å². The van der Waals surface area contributed by atoms with Crippen molar-refractivity contribution in [1.29, 1.82) is 0 Å². The zero-order valence-corrected chi connectivity index (χ0v) is 13.9. The molecule has 0 aromatic rings. The van der Waals surface area contributed by atoms with E-state index in [1.165, 1.54) is 0 Å². The van der Waals surface area contributed by atoms with Crippen LogP contribution in [0.2, 0.25) is 12.1 Å². The molecule has 0 amide bonds. The van der Waals surface area contributed by atoms with Gasteiger partial charge < -0.3 is 21.8 Å². The molecule has 0 radical (unpaired) electrons. The van der Waals surface area contributed by atoms with Crippen LogP contribution in [-0.4, -0.2) is 46.0 Å². The summed E-state index contributed by atoms with van der Waals surface area (Å²) in [5.41, 5.74) is 0. The van der Waals surface area contributed by atoms with Gasteiger partial charge in [-0.15, -0.1) is 0 Å². The van der Waals surface area contributed by atoms with E-state index in [1.54, 1.807) is 28.4 Å². The first kappa shape index (κ1) is 17.2. The van der Waals surface area contributed by atoms with Crippen molar-refractivity contribution < 1.29 is 21.8 Å². The second kappa shape index (κ2) is 8.36. The second-order valence-corrected chi connectivity index (χ2v) is 9.97. The number of rotatable bonds is 10. The summed E-state index contributed by atoms with van der Waals surface area (Å²) in [4.78, 5) is 0. The minimum Gasteiger partial charge on any atom is -0.377 e. The maximum atomic E-state index is 6.09. The Balaban J connectivity index is 4.89. The SMILES string of the molecule is CCC[Si](OC)(OC)O[Si](CCC)(OC)OC. The fraction of sp³-hybridized carbons (Fsp3) is 1.00. The van der Waals surface area contributed by atoms with Gasteiger partial charge in [-0.1, -0.05) is 26.7 Å². The van der Waals surface area contributed by atoms with E-state index in [2.05, 4.69) is 13.8 Å². The van der Waals surface area contributed by atoms with E-state index >= 15 is 0 Å². The topological polar surface area (TPSA) is 46.2 Å². The average molecular weight is 282 g/mol. The van der Waals surface area contributed by atoms with Gasteiger partial charge >= 0.3 is 17.6 Å². The van der Waals surface area contributed by atoms with Crippen LogP contribution in [0.25, 0.3) is 0 Å². The summed E-state index contributed by atoms with van der Waals surface area (Å²) in [6.07, 6.45) is 1.88. The van der Waals surface area contributed by atoms with E-state index < -0.39 is 17.6 Å². The molecule has 5 nitrogen and oxygen atoms in total. The van der Waals surface area contributed by atoms with Crippen molar-refractivity contribution in [1.82, 2.24) is 0 Å². The fourth-order valence-electron chi connectivity index (χ4n) is 1.69. The highest BCUT2D eigenvalue weighted by molar-refractivity contribution is 6.74. The van der Waals surface area contributed by atoms with Gasteiger partial charge in [-0.25, -0.2) is 0 Å². The molecule has 0 aromatic heterocycles. The summed E-state index contributed by atoms with van der Waals surface area (Å²) in [5.74, 6) is 0. The largest absolute Gasteiger partial charge is 0.493 e. The van der Waals surface area contributed by atoms with E-state index in [0.29, 0.717) is 0 Å². The molecule has 0 fully saturated rings. The molecule has 0 saturated carbocycles. The number of hydrogen-bond donors (Lipinski definition) is 0. The Hall–Kier alpha value is 0.234. The molecule has 7 heteroatoms. The first-order valence-electron chi connectivity index (χ1n) is 5.98. The zero-order chi connectivity index (χ0) is 13.4. The van der Waals surface area contributed by atoms with E-state index in [-0.39, 0.29) is 0 Å². The first-order valence-corrected chi connectivity index (χ1v) is 9.84. The van der Waals surface area contributed by atoms with Crippen LogP contribution in [-0.2, 0) is 21.8 Å². The molecule has 0 aliphatic carbocycles. The third-order valence-corrected chi connectivity index (χ3v) is 9.87. The molecule has 0 aliphatic heterocycles. The Morgan fingerprint density at radius 2 is 0.941 bits per heavy atom. The van der Waals surface area contributed by atoms with E-state index in [4.69, 9.17) is 21.8 Å². The lowest BCUT2D eigenvalue weighted by molar-refractivity contribution is 0.0864. The van der Waals surface area contributed by atoms with Gasteiger partial charge in [0.25, 0.3) is 0 Å². The third-order valence-electron chi connectivity index (χ3n) is 2.67. The average Bonchev–Trinajstić information content (AvgIpc) is 2.37. The molecule has 0 N–H and O–H groups in total. The molecule has 0 aromatic carbocycles. The minimum atomic E-state index is -2.65. The van der Waals surface area contributed by atoms with Crippen molar-refractivity contribution in [2.75, 3.05) is 28.4 Å². The Morgan fingerprint density at radius 3 is 1.12 bits per heavy atom. The van der Waals surface area contributed by atoms with Crippen molar-refractivity contribution in [3.8, 4) is 0 Å². The zero-order valence-electron chi connectivity index (χ0n) is 11.9. The Morgan fingerprint density at radius 1 is 0.647 bits per heavy atom. The summed E-state index contributed by atoms with van der Waals surface area (Å²) in [6.45, 7) is 4.15. The van der Waals surface area contributed by atoms with Crippen LogP contribution in [0.1, 0.15) is 26.7 Å². The molecule has 0 saturated heterocycles. The lowest BCUT2D eigenvalue weighted by atomic mass is 10.6. The van der Waals surface area contributed by atoms with Crippen LogP contribution < -0.4 is 0 Å². The minimum absolute atomic E-state index is 0.769. The summed E-state index contributed by atoms with van der Waals surface area (Å²) in [7, 11) is 1.21.